The molecular formula is C19H23N3O2. The Labute approximate surface area is 142 Å². The molecule has 1 amide bonds. The Bertz CT molecular complexity index is 679. The van der Waals surface area contributed by atoms with Gasteiger partial charge in [0.25, 0.3) is 0 Å². The summed E-state index contributed by atoms with van der Waals surface area (Å²) in [4.78, 5) is 14.9. The molecule has 0 bridgehead atoms. The van der Waals surface area contributed by atoms with Gasteiger partial charge in [0.15, 0.2) is 0 Å². The number of hydrogen-bond donors (Lipinski definition) is 0. The number of aromatic nitrogens is 2. The van der Waals surface area contributed by atoms with Crippen molar-refractivity contribution in [2.24, 2.45) is 0 Å². The van der Waals surface area contributed by atoms with Crippen LogP contribution in [0.3, 0.4) is 0 Å². The molecule has 0 spiro atoms. The van der Waals surface area contributed by atoms with Gasteiger partial charge in [-0.2, -0.15) is 5.10 Å². The molecule has 1 saturated carbocycles. The fourth-order valence-electron chi connectivity index (χ4n) is 3.87. The average Bonchev–Trinajstić information content (AvgIpc) is 3.16. The predicted molar refractivity (Wildman–Crippen MR) is 91.0 cm³/mol. The van der Waals surface area contributed by atoms with Crippen LogP contribution >= 0.6 is 0 Å². The fourth-order valence-corrected chi connectivity index (χ4v) is 3.87. The van der Waals surface area contributed by atoms with Crippen molar-refractivity contribution in [2.45, 2.75) is 44.2 Å². The summed E-state index contributed by atoms with van der Waals surface area (Å²) >= 11 is 0. The lowest BCUT2D eigenvalue weighted by atomic mass is 9.90. The van der Waals surface area contributed by atoms with E-state index < -0.39 is 0 Å². The van der Waals surface area contributed by atoms with Gasteiger partial charge in [0.05, 0.1) is 30.9 Å². The van der Waals surface area contributed by atoms with E-state index in [1.807, 2.05) is 41.2 Å². The van der Waals surface area contributed by atoms with Crippen molar-refractivity contribution < 1.29 is 9.53 Å². The van der Waals surface area contributed by atoms with Crippen molar-refractivity contribution in [1.29, 1.82) is 0 Å². The first-order valence-corrected chi connectivity index (χ1v) is 8.81. The maximum absolute atomic E-state index is 12.8. The molecule has 2 aromatic rings. The first-order valence-electron chi connectivity index (χ1n) is 8.81. The minimum Gasteiger partial charge on any atom is -0.374 e. The van der Waals surface area contributed by atoms with Gasteiger partial charge in [-0.25, -0.2) is 4.68 Å². The van der Waals surface area contributed by atoms with E-state index in [1.54, 1.807) is 6.20 Å². The summed E-state index contributed by atoms with van der Waals surface area (Å²) in [6.07, 6.45) is 8.97. The van der Waals surface area contributed by atoms with E-state index in [2.05, 4.69) is 10.00 Å². The third kappa shape index (κ3) is 3.08. The maximum atomic E-state index is 12.8. The molecule has 2 atom stereocenters. The zero-order valence-corrected chi connectivity index (χ0v) is 13.8. The molecule has 24 heavy (non-hydrogen) atoms. The van der Waals surface area contributed by atoms with Crippen LogP contribution in [-0.4, -0.2) is 45.9 Å². The molecule has 1 aromatic heterocycles. The third-order valence-corrected chi connectivity index (χ3v) is 5.11. The Morgan fingerprint density at radius 2 is 2.04 bits per heavy atom. The summed E-state index contributed by atoms with van der Waals surface area (Å²) in [6.45, 7) is 1.40. The summed E-state index contributed by atoms with van der Waals surface area (Å²) in [5.74, 6) is 0.224. The van der Waals surface area contributed by atoms with E-state index in [0.29, 0.717) is 13.0 Å². The maximum Gasteiger partial charge on any atom is 0.227 e. The highest BCUT2D eigenvalue weighted by Crippen LogP contribution is 2.28. The van der Waals surface area contributed by atoms with Crippen molar-refractivity contribution in [3.8, 4) is 5.69 Å². The molecule has 0 unspecified atom stereocenters. The van der Waals surface area contributed by atoms with E-state index >= 15 is 0 Å². The lowest BCUT2D eigenvalue weighted by Gasteiger charge is -2.43. The molecule has 2 fully saturated rings. The minimum atomic E-state index is 0.224. The van der Waals surface area contributed by atoms with Gasteiger partial charge < -0.3 is 9.64 Å². The van der Waals surface area contributed by atoms with Gasteiger partial charge in [0.1, 0.15) is 0 Å². The molecule has 1 aliphatic heterocycles. The normalized spacial score (nSPS) is 23.8. The van der Waals surface area contributed by atoms with Crippen LogP contribution in [0.1, 0.15) is 31.2 Å². The molecule has 1 aromatic carbocycles. The highest BCUT2D eigenvalue weighted by molar-refractivity contribution is 5.79. The molecule has 2 heterocycles. The second-order valence-electron chi connectivity index (χ2n) is 6.64. The third-order valence-electron chi connectivity index (χ3n) is 5.11. The molecule has 5 nitrogen and oxygen atoms in total. The summed E-state index contributed by atoms with van der Waals surface area (Å²) in [7, 11) is 0. The largest absolute Gasteiger partial charge is 0.374 e. The van der Waals surface area contributed by atoms with Crippen LogP contribution in [0, 0.1) is 0 Å². The number of ether oxygens (including phenoxy) is 1. The zero-order valence-electron chi connectivity index (χ0n) is 13.8. The van der Waals surface area contributed by atoms with Gasteiger partial charge >= 0.3 is 0 Å². The standard InChI is InChI=1S/C19H23N3O2/c23-19(21-12-13-24-18-5-2-1-4-17(18)21)14-15-6-8-16(9-7-15)22-11-3-10-20-22/h3,6-11,17-18H,1-2,4-5,12-14H2/t17-,18-/m0/s1. The molecule has 5 heteroatoms. The van der Waals surface area contributed by atoms with E-state index in [4.69, 9.17) is 4.74 Å². The van der Waals surface area contributed by atoms with Crippen molar-refractivity contribution in [3.63, 3.8) is 0 Å². The molecular weight excluding hydrogens is 302 g/mol. The second kappa shape index (κ2) is 6.77. The average molecular weight is 325 g/mol. The summed E-state index contributed by atoms with van der Waals surface area (Å²) in [5.41, 5.74) is 2.06. The number of benzene rings is 1. The van der Waals surface area contributed by atoms with E-state index in [0.717, 1.165) is 30.6 Å². The molecule has 4 rings (SSSR count). The quantitative estimate of drug-likeness (QED) is 0.871. The van der Waals surface area contributed by atoms with Gasteiger partial charge in [0.2, 0.25) is 5.91 Å². The molecule has 0 N–H and O–H groups in total. The first-order chi connectivity index (χ1) is 11.8. The van der Waals surface area contributed by atoms with Crippen molar-refractivity contribution >= 4 is 5.91 Å². The highest BCUT2D eigenvalue weighted by Gasteiger charge is 2.36. The van der Waals surface area contributed by atoms with Gasteiger partial charge in [-0.3, -0.25) is 4.79 Å². The molecule has 0 radical (unpaired) electrons. The van der Waals surface area contributed by atoms with Gasteiger partial charge in [-0.1, -0.05) is 25.0 Å². The number of rotatable bonds is 3. The lowest BCUT2D eigenvalue weighted by Crippen LogP contribution is -2.55. The molecule has 1 saturated heterocycles. The number of carbonyl (C=O) groups excluding carboxylic acids is 1. The van der Waals surface area contributed by atoms with Crippen LogP contribution in [0.4, 0.5) is 0 Å². The van der Waals surface area contributed by atoms with Gasteiger partial charge in [-0.05, 0) is 36.6 Å². The number of carbonyl (C=O) groups is 1. The zero-order chi connectivity index (χ0) is 16.4. The minimum absolute atomic E-state index is 0.224. The van der Waals surface area contributed by atoms with Crippen LogP contribution < -0.4 is 0 Å². The summed E-state index contributed by atoms with van der Waals surface area (Å²) < 4.78 is 7.69. The fraction of sp³-hybridized carbons (Fsp3) is 0.474. The predicted octanol–water partition coefficient (Wildman–Crippen LogP) is 2.58. The Balaban J connectivity index is 1.43. The lowest BCUT2D eigenvalue weighted by molar-refractivity contribution is -0.148. The molecule has 1 aliphatic carbocycles. The Morgan fingerprint density at radius 1 is 1.21 bits per heavy atom. The van der Waals surface area contributed by atoms with Crippen LogP contribution in [0.2, 0.25) is 0 Å². The molecule has 2 aliphatic rings. The first kappa shape index (κ1) is 15.4. The number of nitrogens with zero attached hydrogens (tertiary/aromatic N) is 3. The number of morpholine rings is 1. The SMILES string of the molecule is O=C(Cc1ccc(-n2cccn2)cc1)N1CCO[C@H]2CCCC[C@@H]21. The van der Waals surface area contributed by atoms with Crippen molar-refractivity contribution in [1.82, 2.24) is 14.7 Å². The second-order valence-corrected chi connectivity index (χ2v) is 6.64. The Hall–Kier alpha value is -2.14. The van der Waals surface area contributed by atoms with E-state index in [1.165, 1.54) is 12.8 Å². The molecule has 126 valence electrons. The monoisotopic (exact) mass is 325 g/mol. The van der Waals surface area contributed by atoms with Crippen molar-refractivity contribution in [3.05, 3.63) is 48.3 Å². The van der Waals surface area contributed by atoms with Crippen LogP contribution in [0.25, 0.3) is 5.69 Å². The van der Waals surface area contributed by atoms with Gasteiger partial charge in [0, 0.05) is 18.9 Å². The Morgan fingerprint density at radius 3 is 2.83 bits per heavy atom. The Kier molecular flexibility index (Phi) is 4.34. The highest BCUT2D eigenvalue weighted by atomic mass is 16.5. The number of fused-ring (bicyclic) bond motifs is 1. The van der Waals surface area contributed by atoms with E-state index in [9.17, 15) is 4.79 Å². The number of hydrogen-bond acceptors (Lipinski definition) is 3. The van der Waals surface area contributed by atoms with Crippen LogP contribution in [0.5, 0.6) is 0 Å². The van der Waals surface area contributed by atoms with Crippen molar-refractivity contribution in [2.75, 3.05) is 13.2 Å². The topological polar surface area (TPSA) is 47.4 Å². The van der Waals surface area contributed by atoms with E-state index in [-0.39, 0.29) is 18.1 Å². The smallest absolute Gasteiger partial charge is 0.227 e. The van der Waals surface area contributed by atoms with Crippen LogP contribution in [0.15, 0.2) is 42.7 Å². The van der Waals surface area contributed by atoms with Gasteiger partial charge in [-0.15, -0.1) is 0 Å². The summed E-state index contributed by atoms with van der Waals surface area (Å²) in [5, 5.41) is 4.22. The van der Waals surface area contributed by atoms with Crippen LogP contribution in [-0.2, 0) is 16.0 Å². The summed E-state index contributed by atoms with van der Waals surface area (Å²) in [6, 6.07) is 10.2. The number of amides is 1.